The zero-order valence-corrected chi connectivity index (χ0v) is 11.9. The molecule has 0 spiro atoms. The standard InChI is InChI=1S/C12H24N2O3.ClH/c1-2-16-6-7-17-10-12(15)14-9-11-4-3-5-13-8-11;/h11,13H,2-10H2,1H3,(H,14,15);1H. The van der Waals surface area contributed by atoms with Crippen LogP contribution in [0.3, 0.4) is 0 Å². The summed E-state index contributed by atoms with van der Waals surface area (Å²) in [5, 5.41) is 6.22. The maximum Gasteiger partial charge on any atom is 0.246 e. The van der Waals surface area contributed by atoms with Gasteiger partial charge in [0.05, 0.1) is 13.2 Å². The van der Waals surface area contributed by atoms with E-state index >= 15 is 0 Å². The number of amides is 1. The molecule has 1 rings (SSSR count). The molecule has 1 unspecified atom stereocenters. The van der Waals surface area contributed by atoms with E-state index in [2.05, 4.69) is 10.6 Å². The lowest BCUT2D eigenvalue weighted by Crippen LogP contribution is -2.39. The quantitative estimate of drug-likeness (QED) is 0.639. The number of halogens is 1. The van der Waals surface area contributed by atoms with E-state index in [9.17, 15) is 4.79 Å². The summed E-state index contributed by atoms with van der Waals surface area (Å²) in [6.45, 7) is 6.64. The lowest BCUT2D eigenvalue weighted by molar-refractivity contribution is -0.126. The Bertz CT molecular complexity index is 211. The van der Waals surface area contributed by atoms with Crippen molar-refractivity contribution in [3.63, 3.8) is 0 Å². The fourth-order valence-electron chi connectivity index (χ4n) is 1.83. The Labute approximate surface area is 115 Å². The molecule has 6 heteroatoms. The zero-order chi connectivity index (χ0) is 12.3. The topological polar surface area (TPSA) is 59.6 Å². The molecule has 18 heavy (non-hydrogen) atoms. The molecular formula is C12H25ClN2O3. The van der Waals surface area contributed by atoms with Crippen LogP contribution in [0, 0.1) is 5.92 Å². The van der Waals surface area contributed by atoms with Gasteiger partial charge in [-0.3, -0.25) is 4.79 Å². The van der Waals surface area contributed by atoms with Gasteiger partial charge in [-0.1, -0.05) is 0 Å². The van der Waals surface area contributed by atoms with E-state index in [1.165, 1.54) is 12.8 Å². The zero-order valence-electron chi connectivity index (χ0n) is 11.1. The van der Waals surface area contributed by atoms with Crippen LogP contribution in [0.5, 0.6) is 0 Å². The fourth-order valence-corrected chi connectivity index (χ4v) is 1.83. The molecule has 1 amide bonds. The van der Waals surface area contributed by atoms with Crippen LogP contribution < -0.4 is 10.6 Å². The largest absolute Gasteiger partial charge is 0.379 e. The highest BCUT2D eigenvalue weighted by Crippen LogP contribution is 2.07. The first-order valence-corrected chi connectivity index (χ1v) is 6.45. The predicted octanol–water partition coefficient (Wildman–Crippen LogP) is 0.577. The first kappa shape index (κ1) is 17.6. The number of hydrogen-bond donors (Lipinski definition) is 2. The highest BCUT2D eigenvalue weighted by molar-refractivity contribution is 5.85. The van der Waals surface area contributed by atoms with Gasteiger partial charge in [0.15, 0.2) is 0 Å². The molecule has 0 aromatic heterocycles. The van der Waals surface area contributed by atoms with Crippen LogP contribution in [-0.4, -0.2) is 52.0 Å². The van der Waals surface area contributed by atoms with E-state index in [0.717, 1.165) is 19.6 Å². The van der Waals surface area contributed by atoms with Crippen molar-refractivity contribution in [2.24, 2.45) is 5.92 Å². The van der Waals surface area contributed by atoms with Crippen LogP contribution in [0.2, 0.25) is 0 Å². The lowest BCUT2D eigenvalue weighted by Gasteiger charge is -2.22. The maximum absolute atomic E-state index is 11.4. The third-order valence-electron chi connectivity index (χ3n) is 2.80. The van der Waals surface area contributed by atoms with Crippen LogP contribution in [-0.2, 0) is 14.3 Å². The summed E-state index contributed by atoms with van der Waals surface area (Å²) < 4.78 is 10.3. The molecule has 0 aromatic rings. The van der Waals surface area contributed by atoms with Crippen LogP contribution >= 0.6 is 12.4 Å². The van der Waals surface area contributed by atoms with Crippen LogP contribution in [0.25, 0.3) is 0 Å². The van der Waals surface area contributed by atoms with E-state index in [1.54, 1.807) is 0 Å². The second-order valence-electron chi connectivity index (χ2n) is 4.27. The van der Waals surface area contributed by atoms with Gasteiger partial charge in [0.2, 0.25) is 5.91 Å². The van der Waals surface area contributed by atoms with Crippen LogP contribution in [0.4, 0.5) is 0 Å². The molecule has 1 heterocycles. The summed E-state index contributed by atoms with van der Waals surface area (Å²) in [4.78, 5) is 11.4. The molecule has 0 saturated carbocycles. The second kappa shape index (κ2) is 11.7. The molecule has 0 aliphatic carbocycles. The number of rotatable bonds is 8. The van der Waals surface area contributed by atoms with Gasteiger partial charge < -0.3 is 20.1 Å². The fraction of sp³-hybridized carbons (Fsp3) is 0.917. The molecule has 5 nitrogen and oxygen atoms in total. The van der Waals surface area contributed by atoms with Gasteiger partial charge in [-0.05, 0) is 38.8 Å². The van der Waals surface area contributed by atoms with Gasteiger partial charge in [0.25, 0.3) is 0 Å². The Hall–Kier alpha value is -0.360. The van der Waals surface area contributed by atoms with Crippen LogP contribution in [0.15, 0.2) is 0 Å². The smallest absolute Gasteiger partial charge is 0.246 e. The van der Waals surface area contributed by atoms with Gasteiger partial charge in [-0.2, -0.15) is 0 Å². The van der Waals surface area contributed by atoms with E-state index in [-0.39, 0.29) is 24.9 Å². The minimum atomic E-state index is -0.0351. The second-order valence-corrected chi connectivity index (χ2v) is 4.27. The molecule has 1 saturated heterocycles. The molecule has 1 fully saturated rings. The van der Waals surface area contributed by atoms with Crippen molar-refractivity contribution in [1.82, 2.24) is 10.6 Å². The average Bonchev–Trinajstić information content (AvgIpc) is 2.37. The van der Waals surface area contributed by atoms with Gasteiger partial charge in [0, 0.05) is 13.2 Å². The van der Waals surface area contributed by atoms with Crippen molar-refractivity contribution in [3.8, 4) is 0 Å². The number of ether oxygens (including phenoxy) is 2. The third-order valence-corrected chi connectivity index (χ3v) is 2.80. The molecule has 2 N–H and O–H groups in total. The van der Waals surface area contributed by atoms with Crippen molar-refractivity contribution < 1.29 is 14.3 Å². The monoisotopic (exact) mass is 280 g/mol. The first-order chi connectivity index (χ1) is 8.33. The minimum absolute atomic E-state index is 0. The summed E-state index contributed by atoms with van der Waals surface area (Å²) in [5.74, 6) is 0.531. The molecule has 1 aliphatic heterocycles. The Kier molecular flexibility index (Phi) is 11.5. The summed E-state index contributed by atoms with van der Waals surface area (Å²) in [6.07, 6.45) is 2.39. The Morgan fingerprint density at radius 3 is 2.83 bits per heavy atom. The number of piperidine rings is 1. The number of hydrogen-bond acceptors (Lipinski definition) is 4. The lowest BCUT2D eigenvalue weighted by atomic mass is 10.00. The number of carbonyl (C=O) groups excluding carboxylic acids is 1. The van der Waals surface area contributed by atoms with E-state index in [1.807, 2.05) is 6.92 Å². The van der Waals surface area contributed by atoms with E-state index < -0.39 is 0 Å². The van der Waals surface area contributed by atoms with Crippen LogP contribution in [0.1, 0.15) is 19.8 Å². The van der Waals surface area contributed by atoms with E-state index in [0.29, 0.717) is 25.7 Å². The van der Waals surface area contributed by atoms with Gasteiger partial charge in [-0.15, -0.1) is 12.4 Å². The SMILES string of the molecule is CCOCCOCC(=O)NCC1CCCNC1.Cl. The summed E-state index contributed by atoms with van der Waals surface area (Å²) in [6, 6.07) is 0. The highest BCUT2D eigenvalue weighted by Gasteiger charge is 2.13. The molecule has 108 valence electrons. The summed E-state index contributed by atoms with van der Waals surface area (Å²) in [7, 11) is 0. The normalized spacial score (nSPS) is 19.1. The number of nitrogens with one attached hydrogen (secondary N) is 2. The summed E-state index contributed by atoms with van der Waals surface area (Å²) in [5.41, 5.74) is 0. The Morgan fingerprint density at radius 1 is 1.39 bits per heavy atom. The molecule has 0 aromatic carbocycles. The van der Waals surface area contributed by atoms with Gasteiger partial charge in [-0.25, -0.2) is 0 Å². The van der Waals surface area contributed by atoms with Crippen molar-refractivity contribution in [2.45, 2.75) is 19.8 Å². The van der Waals surface area contributed by atoms with Crippen molar-refractivity contribution in [3.05, 3.63) is 0 Å². The Balaban J connectivity index is 0.00000289. The first-order valence-electron chi connectivity index (χ1n) is 6.45. The van der Waals surface area contributed by atoms with Crippen molar-refractivity contribution in [2.75, 3.05) is 46.1 Å². The van der Waals surface area contributed by atoms with Crippen molar-refractivity contribution >= 4 is 18.3 Å². The molecule has 1 aliphatic rings. The minimum Gasteiger partial charge on any atom is -0.379 e. The molecule has 0 bridgehead atoms. The average molecular weight is 281 g/mol. The molecule has 0 radical (unpaired) electrons. The highest BCUT2D eigenvalue weighted by atomic mass is 35.5. The maximum atomic E-state index is 11.4. The Morgan fingerprint density at radius 2 is 2.17 bits per heavy atom. The molecule has 1 atom stereocenters. The van der Waals surface area contributed by atoms with Crippen molar-refractivity contribution in [1.29, 1.82) is 0 Å². The third kappa shape index (κ3) is 8.69. The predicted molar refractivity (Wildman–Crippen MR) is 73.2 cm³/mol. The van der Waals surface area contributed by atoms with Gasteiger partial charge >= 0.3 is 0 Å². The molecular weight excluding hydrogens is 256 g/mol. The van der Waals surface area contributed by atoms with Gasteiger partial charge in [0.1, 0.15) is 6.61 Å². The summed E-state index contributed by atoms with van der Waals surface area (Å²) >= 11 is 0. The van der Waals surface area contributed by atoms with E-state index in [4.69, 9.17) is 9.47 Å². The number of carbonyl (C=O) groups is 1.